The lowest BCUT2D eigenvalue weighted by molar-refractivity contribution is -0.133. The van der Waals surface area contributed by atoms with E-state index in [-0.39, 0.29) is 28.7 Å². The van der Waals surface area contributed by atoms with Crippen molar-refractivity contribution >= 4 is 29.2 Å². The number of methoxy groups -OCH3 is 1. The number of esters is 1. The first kappa shape index (κ1) is 25.2. The Hall–Kier alpha value is -2.86. The third-order valence-corrected chi connectivity index (χ3v) is 7.90. The molecular formula is C28H33ClN2O4. The van der Waals surface area contributed by atoms with E-state index >= 15 is 0 Å². The fraction of sp³-hybridized carbons (Fsp3) is 0.464. The van der Waals surface area contributed by atoms with Crippen molar-refractivity contribution in [3.8, 4) is 5.75 Å². The highest BCUT2D eigenvalue weighted by molar-refractivity contribution is 6.47. The lowest BCUT2D eigenvalue weighted by Crippen LogP contribution is -2.51. The summed E-state index contributed by atoms with van der Waals surface area (Å²) in [7, 11) is 1.36. The molecule has 2 aliphatic rings. The van der Waals surface area contributed by atoms with Crippen molar-refractivity contribution < 1.29 is 19.4 Å². The van der Waals surface area contributed by atoms with E-state index in [4.69, 9.17) is 21.3 Å². The Morgan fingerprint density at radius 1 is 1.20 bits per heavy atom. The Morgan fingerprint density at radius 2 is 1.86 bits per heavy atom. The first-order valence-corrected chi connectivity index (χ1v) is 12.7. The van der Waals surface area contributed by atoms with Crippen LogP contribution in [-0.4, -0.2) is 40.4 Å². The summed E-state index contributed by atoms with van der Waals surface area (Å²) in [5, 5.41) is 10.1. The Balaban J connectivity index is 1.75. The number of amides is 1. The van der Waals surface area contributed by atoms with Crippen molar-refractivity contribution in [2.75, 3.05) is 7.11 Å². The molecule has 0 unspecified atom stereocenters. The molecule has 0 saturated heterocycles. The minimum atomic E-state index is -0.621. The van der Waals surface area contributed by atoms with Crippen LogP contribution in [0.4, 0.5) is 0 Å². The zero-order valence-electron chi connectivity index (χ0n) is 20.8. The largest absolute Gasteiger partial charge is 0.506 e. The van der Waals surface area contributed by atoms with Crippen molar-refractivity contribution in [2.45, 2.75) is 64.6 Å². The summed E-state index contributed by atoms with van der Waals surface area (Å²) in [6.07, 6.45) is 4.32. The molecule has 2 aromatic rings. The number of rotatable bonds is 6. The van der Waals surface area contributed by atoms with Gasteiger partial charge in [-0.3, -0.25) is 9.79 Å². The SMILES string of the molecule is CC[C@H](c1ccc(C(=O)OC)cc1)N1C(=O)C(c2ccc(O)c(Cl)c2)=NC12CCC(C(C)C)CC2. The van der Waals surface area contributed by atoms with Crippen LogP contribution in [0.5, 0.6) is 5.75 Å². The van der Waals surface area contributed by atoms with Crippen LogP contribution in [0, 0.1) is 11.8 Å². The molecule has 0 radical (unpaired) electrons. The van der Waals surface area contributed by atoms with E-state index in [1.165, 1.54) is 13.2 Å². The molecule has 186 valence electrons. The van der Waals surface area contributed by atoms with Gasteiger partial charge < -0.3 is 14.7 Å². The number of aromatic hydroxyl groups is 1. The molecule has 1 spiro atoms. The number of halogens is 1. The van der Waals surface area contributed by atoms with Gasteiger partial charge in [-0.25, -0.2) is 4.79 Å². The molecule has 0 bridgehead atoms. The van der Waals surface area contributed by atoms with E-state index in [2.05, 4.69) is 20.8 Å². The number of benzene rings is 2. The Kier molecular flexibility index (Phi) is 7.22. The molecule has 1 amide bonds. The van der Waals surface area contributed by atoms with Gasteiger partial charge in [-0.2, -0.15) is 0 Å². The predicted molar refractivity (Wildman–Crippen MR) is 137 cm³/mol. The summed E-state index contributed by atoms with van der Waals surface area (Å²) in [6.45, 7) is 6.57. The molecule has 1 aliphatic carbocycles. The summed E-state index contributed by atoms with van der Waals surface area (Å²) >= 11 is 6.18. The molecule has 1 aliphatic heterocycles. The van der Waals surface area contributed by atoms with Gasteiger partial charge in [0.05, 0.1) is 23.7 Å². The summed E-state index contributed by atoms with van der Waals surface area (Å²) in [4.78, 5) is 33.0. The van der Waals surface area contributed by atoms with Crippen LogP contribution in [0.3, 0.4) is 0 Å². The molecule has 1 atom stereocenters. The van der Waals surface area contributed by atoms with E-state index < -0.39 is 5.66 Å². The molecule has 1 heterocycles. The highest BCUT2D eigenvalue weighted by Gasteiger charge is 2.51. The Labute approximate surface area is 212 Å². The van der Waals surface area contributed by atoms with E-state index in [0.717, 1.165) is 31.2 Å². The molecule has 35 heavy (non-hydrogen) atoms. The summed E-state index contributed by atoms with van der Waals surface area (Å²) in [6, 6.07) is 11.9. The van der Waals surface area contributed by atoms with Gasteiger partial charge in [0, 0.05) is 5.56 Å². The molecule has 6 nitrogen and oxygen atoms in total. The van der Waals surface area contributed by atoms with Gasteiger partial charge in [-0.05, 0) is 79.8 Å². The molecule has 0 aromatic heterocycles. The van der Waals surface area contributed by atoms with Crippen LogP contribution in [0.1, 0.15) is 80.4 Å². The van der Waals surface area contributed by atoms with E-state index in [9.17, 15) is 14.7 Å². The molecule has 1 fully saturated rings. The molecule has 1 N–H and O–H groups in total. The highest BCUT2D eigenvalue weighted by Crippen LogP contribution is 2.47. The maximum Gasteiger partial charge on any atom is 0.337 e. The second-order valence-corrected chi connectivity index (χ2v) is 10.3. The van der Waals surface area contributed by atoms with Crippen LogP contribution < -0.4 is 0 Å². The average molecular weight is 497 g/mol. The Morgan fingerprint density at radius 3 is 2.40 bits per heavy atom. The molecule has 2 aromatic carbocycles. The van der Waals surface area contributed by atoms with Crippen molar-refractivity contribution in [3.05, 3.63) is 64.2 Å². The summed E-state index contributed by atoms with van der Waals surface area (Å²) < 4.78 is 4.83. The van der Waals surface area contributed by atoms with Crippen LogP contribution in [-0.2, 0) is 9.53 Å². The van der Waals surface area contributed by atoms with E-state index in [1.54, 1.807) is 24.3 Å². The van der Waals surface area contributed by atoms with Crippen molar-refractivity contribution in [1.29, 1.82) is 0 Å². The smallest absolute Gasteiger partial charge is 0.337 e. The quantitative estimate of drug-likeness (QED) is 0.486. The van der Waals surface area contributed by atoms with Crippen LogP contribution in [0.25, 0.3) is 0 Å². The minimum Gasteiger partial charge on any atom is -0.506 e. The maximum absolute atomic E-state index is 14.0. The number of carbonyl (C=O) groups is 2. The highest BCUT2D eigenvalue weighted by atomic mass is 35.5. The molecule has 4 rings (SSSR count). The minimum absolute atomic E-state index is 0.0254. The fourth-order valence-electron chi connectivity index (χ4n) is 5.54. The number of carbonyl (C=O) groups excluding carboxylic acids is 2. The van der Waals surface area contributed by atoms with Gasteiger partial charge in [0.1, 0.15) is 17.1 Å². The van der Waals surface area contributed by atoms with Gasteiger partial charge in [0.25, 0.3) is 5.91 Å². The van der Waals surface area contributed by atoms with Gasteiger partial charge in [0.15, 0.2) is 0 Å². The van der Waals surface area contributed by atoms with Crippen molar-refractivity contribution in [2.24, 2.45) is 16.8 Å². The van der Waals surface area contributed by atoms with Crippen molar-refractivity contribution in [1.82, 2.24) is 4.90 Å². The molecule has 7 heteroatoms. The zero-order chi connectivity index (χ0) is 25.3. The van der Waals surface area contributed by atoms with Gasteiger partial charge in [-0.15, -0.1) is 0 Å². The zero-order valence-corrected chi connectivity index (χ0v) is 21.5. The normalized spacial score (nSPS) is 23.0. The third-order valence-electron chi connectivity index (χ3n) is 7.60. The lowest BCUT2D eigenvalue weighted by Gasteiger charge is -2.46. The van der Waals surface area contributed by atoms with E-state index in [1.807, 2.05) is 17.0 Å². The van der Waals surface area contributed by atoms with Gasteiger partial charge in [0.2, 0.25) is 0 Å². The molecule has 1 saturated carbocycles. The van der Waals surface area contributed by atoms with E-state index in [0.29, 0.717) is 35.1 Å². The van der Waals surface area contributed by atoms with Gasteiger partial charge >= 0.3 is 5.97 Å². The monoisotopic (exact) mass is 496 g/mol. The first-order valence-electron chi connectivity index (χ1n) is 12.3. The van der Waals surface area contributed by atoms with Crippen LogP contribution in [0.15, 0.2) is 47.5 Å². The maximum atomic E-state index is 14.0. The Bertz CT molecular complexity index is 1130. The number of hydrogen-bond donors (Lipinski definition) is 1. The predicted octanol–water partition coefficient (Wildman–Crippen LogP) is 6.16. The number of hydrogen-bond acceptors (Lipinski definition) is 5. The number of phenolic OH excluding ortho intramolecular Hbond substituents is 1. The number of ether oxygens (including phenoxy) is 1. The summed E-state index contributed by atoms with van der Waals surface area (Å²) in [5.41, 5.74) is 1.81. The second-order valence-electron chi connectivity index (χ2n) is 9.90. The topological polar surface area (TPSA) is 79.2 Å². The standard InChI is InChI=1S/C28H33ClN2O4/c1-5-23(19-6-8-20(9-7-19)27(34)35-4)31-26(33)25(21-10-11-24(32)22(29)16-21)30-28(31)14-12-18(13-15-28)17(2)3/h6-11,16-18,23,32H,5,12-15H2,1-4H3/t18?,23-,28?/m1/s1. The average Bonchev–Trinajstić information content (AvgIpc) is 3.13. The number of aliphatic imine (C=N–C) groups is 1. The third kappa shape index (κ3) is 4.68. The van der Waals surface area contributed by atoms with Crippen LogP contribution >= 0.6 is 11.6 Å². The molecular weight excluding hydrogens is 464 g/mol. The number of phenols is 1. The van der Waals surface area contributed by atoms with Crippen molar-refractivity contribution in [3.63, 3.8) is 0 Å². The fourth-order valence-corrected chi connectivity index (χ4v) is 5.72. The number of nitrogens with zero attached hydrogens (tertiary/aromatic N) is 2. The summed E-state index contributed by atoms with van der Waals surface area (Å²) in [5.74, 6) is 0.658. The lowest BCUT2D eigenvalue weighted by atomic mass is 9.76. The first-order chi connectivity index (χ1) is 16.7. The van der Waals surface area contributed by atoms with Crippen LogP contribution in [0.2, 0.25) is 5.02 Å². The second kappa shape index (κ2) is 10.0. The van der Waals surface area contributed by atoms with Gasteiger partial charge in [-0.1, -0.05) is 44.5 Å².